The quantitative estimate of drug-likeness (QED) is 0.537. The van der Waals surface area contributed by atoms with Crippen molar-refractivity contribution in [1.82, 2.24) is 20.8 Å². The number of carbonyl (C=O) groups excluding carboxylic acids is 2. The number of aromatic nitrogens is 2. The fourth-order valence-corrected chi connectivity index (χ4v) is 2.38. The van der Waals surface area contributed by atoms with Crippen molar-refractivity contribution in [3.63, 3.8) is 0 Å². The summed E-state index contributed by atoms with van der Waals surface area (Å²) >= 11 is 6.16. The minimum Gasteiger partial charge on any atom is -0.496 e. The summed E-state index contributed by atoms with van der Waals surface area (Å²) in [5, 5.41) is 5.07. The Morgan fingerprint density at radius 2 is 1.90 bits per heavy atom. The van der Waals surface area contributed by atoms with Gasteiger partial charge in [0.2, 0.25) is 11.9 Å². The Hall–Kier alpha value is -3.28. The fourth-order valence-electron chi connectivity index (χ4n) is 2.17. The van der Waals surface area contributed by atoms with Gasteiger partial charge in [0.1, 0.15) is 17.1 Å². The minimum absolute atomic E-state index is 0.0149. The zero-order valence-corrected chi connectivity index (χ0v) is 16.1. The summed E-state index contributed by atoms with van der Waals surface area (Å²) < 4.78 is 44.0. The van der Waals surface area contributed by atoms with E-state index in [1.54, 1.807) is 0 Å². The van der Waals surface area contributed by atoms with Crippen LogP contribution in [0.3, 0.4) is 0 Å². The lowest BCUT2D eigenvalue weighted by Gasteiger charge is -2.15. The van der Waals surface area contributed by atoms with Crippen LogP contribution >= 0.6 is 11.6 Å². The van der Waals surface area contributed by atoms with Crippen LogP contribution in [-0.4, -0.2) is 35.9 Å². The monoisotopic (exact) mass is 432 g/mol. The topological polar surface area (TPSA) is 117 Å². The fraction of sp³-hybridized carbons (Fsp3) is 0.250. The number of hydrogen-bond donors (Lipinski definition) is 4. The van der Waals surface area contributed by atoms with Gasteiger partial charge in [-0.05, 0) is 6.07 Å². The van der Waals surface area contributed by atoms with Crippen molar-refractivity contribution in [2.75, 3.05) is 24.8 Å². The first kappa shape index (κ1) is 22.0. The summed E-state index contributed by atoms with van der Waals surface area (Å²) in [4.78, 5) is 30.5. The second kappa shape index (κ2) is 8.82. The van der Waals surface area contributed by atoms with Gasteiger partial charge in [-0.15, -0.1) is 0 Å². The number of halogens is 4. The van der Waals surface area contributed by atoms with Crippen molar-refractivity contribution in [3.05, 3.63) is 34.5 Å². The van der Waals surface area contributed by atoms with Gasteiger partial charge in [-0.3, -0.25) is 20.4 Å². The maximum Gasteiger partial charge on any atom is 0.421 e. The van der Waals surface area contributed by atoms with Crippen molar-refractivity contribution in [2.24, 2.45) is 0 Å². The molecule has 0 bridgehead atoms. The first-order valence-electron chi connectivity index (χ1n) is 7.90. The van der Waals surface area contributed by atoms with Gasteiger partial charge >= 0.3 is 6.18 Å². The Labute approximate surface area is 168 Å². The van der Waals surface area contributed by atoms with Crippen LogP contribution in [0.2, 0.25) is 5.02 Å². The van der Waals surface area contributed by atoms with Crippen LogP contribution < -0.4 is 26.2 Å². The molecule has 2 aromatic rings. The highest BCUT2D eigenvalue weighted by Crippen LogP contribution is 2.35. The predicted molar refractivity (Wildman–Crippen MR) is 99.2 cm³/mol. The van der Waals surface area contributed by atoms with Crippen LogP contribution in [0, 0.1) is 0 Å². The Kier molecular flexibility index (Phi) is 6.69. The number of amides is 2. The standard InChI is InChI=1S/C16H16ClF3N6O3/c1-7(27)25-26-14(28)8-4-10(17)11(5-12(8)29-3)23-15-22-6-9(16(18,19)20)13(21-2)24-15/h4-6H,1-3H3,(H,25,27)(H,26,28)(H2,21,22,23,24). The van der Waals surface area contributed by atoms with Gasteiger partial charge in [-0.2, -0.15) is 18.2 Å². The molecule has 2 amide bonds. The zero-order valence-electron chi connectivity index (χ0n) is 15.4. The summed E-state index contributed by atoms with van der Waals surface area (Å²) in [6.07, 6.45) is -4.00. The molecule has 13 heteroatoms. The van der Waals surface area contributed by atoms with Gasteiger partial charge in [-0.25, -0.2) is 4.98 Å². The highest BCUT2D eigenvalue weighted by molar-refractivity contribution is 6.33. The highest BCUT2D eigenvalue weighted by atomic mass is 35.5. The molecule has 0 fully saturated rings. The Morgan fingerprint density at radius 1 is 1.21 bits per heavy atom. The van der Waals surface area contributed by atoms with Crippen LogP contribution in [0.1, 0.15) is 22.8 Å². The van der Waals surface area contributed by atoms with Crippen molar-refractivity contribution >= 4 is 40.9 Å². The Balaban J connectivity index is 2.34. The maximum atomic E-state index is 12.9. The van der Waals surface area contributed by atoms with E-state index in [1.807, 2.05) is 0 Å². The van der Waals surface area contributed by atoms with E-state index in [0.717, 1.165) is 0 Å². The van der Waals surface area contributed by atoms with Gasteiger partial charge in [0.05, 0.1) is 23.4 Å². The second-order valence-corrected chi connectivity index (χ2v) is 5.90. The molecule has 0 atom stereocenters. The number of alkyl halides is 3. The third kappa shape index (κ3) is 5.38. The largest absolute Gasteiger partial charge is 0.496 e. The average molecular weight is 433 g/mol. The molecule has 0 radical (unpaired) electrons. The number of nitrogens with zero attached hydrogens (tertiary/aromatic N) is 2. The molecular formula is C16H16ClF3N6O3. The van der Waals surface area contributed by atoms with Gasteiger partial charge in [0.25, 0.3) is 5.91 Å². The van der Waals surface area contributed by atoms with E-state index in [4.69, 9.17) is 16.3 Å². The molecule has 1 heterocycles. The van der Waals surface area contributed by atoms with Gasteiger partial charge in [0, 0.05) is 26.2 Å². The maximum absolute atomic E-state index is 12.9. The van der Waals surface area contributed by atoms with Crippen LogP contribution in [-0.2, 0) is 11.0 Å². The Bertz CT molecular complexity index is 939. The van der Waals surface area contributed by atoms with E-state index in [1.165, 1.54) is 33.2 Å². The summed E-state index contributed by atoms with van der Waals surface area (Å²) in [7, 11) is 2.59. The first-order chi connectivity index (χ1) is 13.6. The predicted octanol–water partition coefficient (Wildman–Crippen LogP) is 2.72. The molecule has 2 rings (SSSR count). The molecule has 0 saturated carbocycles. The number of ether oxygens (including phenoxy) is 1. The lowest BCUT2D eigenvalue weighted by molar-refractivity contribution is -0.137. The molecule has 4 N–H and O–H groups in total. The van der Waals surface area contributed by atoms with E-state index >= 15 is 0 Å². The minimum atomic E-state index is -4.62. The van der Waals surface area contributed by atoms with E-state index in [-0.39, 0.29) is 28.0 Å². The van der Waals surface area contributed by atoms with Gasteiger partial charge < -0.3 is 15.4 Å². The molecule has 1 aromatic heterocycles. The number of methoxy groups -OCH3 is 1. The number of nitrogens with one attached hydrogen (secondary N) is 4. The molecule has 0 spiro atoms. The lowest BCUT2D eigenvalue weighted by atomic mass is 10.1. The molecule has 0 aliphatic carbocycles. The van der Waals surface area contributed by atoms with Crippen LogP contribution in [0.5, 0.6) is 5.75 Å². The van der Waals surface area contributed by atoms with Crippen LogP contribution in [0.25, 0.3) is 0 Å². The van der Waals surface area contributed by atoms with Crippen molar-refractivity contribution in [3.8, 4) is 5.75 Å². The molecule has 1 aromatic carbocycles. The zero-order chi connectivity index (χ0) is 21.8. The SMILES string of the molecule is CNc1nc(Nc2cc(OC)c(C(=O)NNC(C)=O)cc2Cl)ncc1C(F)(F)F. The lowest BCUT2D eigenvalue weighted by Crippen LogP contribution is -2.40. The summed E-state index contributed by atoms with van der Waals surface area (Å²) in [6, 6.07) is 2.59. The Morgan fingerprint density at radius 3 is 2.45 bits per heavy atom. The average Bonchev–Trinajstić information content (AvgIpc) is 2.66. The highest BCUT2D eigenvalue weighted by Gasteiger charge is 2.35. The van der Waals surface area contributed by atoms with E-state index in [2.05, 4.69) is 31.5 Å². The smallest absolute Gasteiger partial charge is 0.421 e. The summed E-state index contributed by atoms with van der Waals surface area (Å²) in [5.41, 5.74) is 3.46. The van der Waals surface area contributed by atoms with E-state index in [9.17, 15) is 22.8 Å². The number of rotatable bonds is 5. The number of hydrogen-bond acceptors (Lipinski definition) is 7. The van der Waals surface area contributed by atoms with E-state index in [0.29, 0.717) is 6.20 Å². The molecule has 9 nitrogen and oxygen atoms in total. The first-order valence-corrected chi connectivity index (χ1v) is 8.28. The molecule has 156 valence electrons. The summed E-state index contributed by atoms with van der Waals surface area (Å²) in [5.74, 6) is -1.68. The summed E-state index contributed by atoms with van der Waals surface area (Å²) in [6.45, 7) is 1.21. The molecule has 29 heavy (non-hydrogen) atoms. The number of anilines is 3. The van der Waals surface area contributed by atoms with Crippen molar-refractivity contribution in [1.29, 1.82) is 0 Å². The third-order valence-electron chi connectivity index (χ3n) is 3.46. The third-order valence-corrected chi connectivity index (χ3v) is 3.78. The van der Waals surface area contributed by atoms with Crippen molar-refractivity contribution in [2.45, 2.75) is 13.1 Å². The number of hydrazine groups is 1. The number of benzene rings is 1. The van der Waals surface area contributed by atoms with Crippen molar-refractivity contribution < 1.29 is 27.5 Å². The molecule has 0 unspecified atom stereocenters. The molecule has 0 aliphatic rings. The second-order valence-electron chi connectivity index (χ2n) is 5.50. The number of carbonyl (C=O) groups is 2. The molecular weight excluding hydrogens is 417 g/mol. The van der Waals surface area contributed by atoms with Gasteiger partial charge in [-0.1, -0.05) is 11.6 Å². The molecule has 0 saturated heterocycles. The van der Waals surface area contributed by atoms with Crippen LogP contribution in [0.4, 0.5) is 30.6 Å². The van der Waals surface area contributed by atoms with Gasteiger partial charge in [0.15, 0.2) is 0 Å². The molecule has 0 aliphatic heterocycles. The van der Waals surface area contributed by atoms with E-state index < -0.39 is 29.4 Å². The normalized spacial score (nSPS) is 10.9. The van der Waals surface area contributed by atoms with Crippen LogP contribution in [0.15, 0.2) is 18.3 Å².